The van der Waals surface area contributed by atoms with E-state index < -0.39 is 5.60 Å². The maximum Gasteiger partial charge on any atom is 0.142 e. The number of hydrogen-bond acceptors (Lipinski definition) is 3. The Morgan fingerprint density at radius 1 is 1.37 bits per heavy atom. The smallest absolute Gasteiger partial charge is 0.142 e. The number of hydrogen-bond donors (Lipinski definition) is 2. The SMILES string of the molecule is CC(C)NCc1cccc(Cl)c1OCCC(C)(C)O. The van der Waals surface area contributed by atoms with Gasteiger partial charge in [0, 0.05) is 24.6 Å². The number of nitrogens with one attached hydrogen (secondary N) is 1. The van der Waals surface area contributed by atoms with Crippen molar-refractivity contribution in [1.82, 2.24) is 5.32 Å². The van der Waals surface area contributed by atoms with E-state index in [1.54, 1.807) is 13.8 Å². The molecule has 0 saturated heterocycles. The molecule has 19 heavy (non-hydrogen) atoms. The molecule has 0 aliphatic heterocycles. The third kappa shape index (κ3) is 6.28. The van der Waals surface area contributed by atoms with Crippen molar-refractivity contribution >= 4 is 11.6 Å². The number of aliphatic hydroxyl groups is 1. The third-order valence-electron chi connectivity index (χ3n) is 2.71. The Labute approximate surface area is 120 Å². The molecule has 0 radical (unpaired) electrons. The molecule has 0 atom stereocenters. The molecule has 0 heterocycles. The van der Waals surface area contributed by atoms with Gasteiger partial charge in [-0.25, -0.2) is 0 Å². The van der Waals surface area contributed by atoms with Gasteiger partial charge < -0.3 is 15.2 Å². The second-order valence-corrected chi connectivity index (χ2v) is 6.08. The van der Waals surface area contributed by atoms with Crippen molar-refractivity contribution in [2.75, 3.05) is 6.61 Å². The number of rotatable bonds is 7. The van der Waals surface area contributed by atoms with E-state index in [2.05, 4.69) is 19.2 Å². The summed E-state index contributed by atoms with van der Waals surface area (Å²) in [5.74, 6) is 0.710. The van der Waals surface area contributed by atoms with Gasteiger partial charge in [-0.1, -0.05) is 37.6 Å². The van der Waals surface area contributed by atoms with Crippen molar-refractivity contribution in [2.24, 2.45) is 0 Å². The lowest BCUT2D eigenvalue weighted by atomic mass is 10.1. The molecule has 1 rings (SSSR count). The molecule has 0 amide bonds. The molecule has 4 heteroatoms. The quantitative estimate of drug-likeness (QED) is 0.807. The van der Waals surface area contributed by atoms with Crippen LogP contribution in [-0.2, 0) is 6.54 Å². The van der Waals surface area contributed by atoms with Crippen LogP contribution in [-0.4, -0.2) is 23.4 Å². The molecular formula is C15H24ClNO2. The maximum atomic E-state index is 9.69. The van der Waals surface area contributed by atoms with E-state index in [4.69, 9.17) is 16.3 Å². The van der Waals surface area contributed by atoms with Gasteiger partial charge in [-0.3, -0.25) is 0 Å². The van der Waals surface area contributed by atoms with E-state index in [-0.39, 0.29) is 0 Å². The van der Waals surface area contributed by atoms with Crippen LogP contribution in [0.3, 0.4) is 0 Å². The van der Waals surface area contributed by atoms with E-state index in [0.29, 0.717) is 29.8 Å². The molecule has 1 aromatic rings. The molecule has 0 unspecified atom stereocenters. The number of benzene rings is 1. The van der Waals surface area contributed by atoms with Crippen molar-refractivity contribution in [3.63, 3.8) is 0 Å². The molecule has 3 nitrogen and oxygen atoms in total. The fourth-order valence-corrected chi connectivity index (χ4v) is 1.82. The third-order valence-corrected chi connectivity index (χ3v) is 3.01. The minimum absolute atomic E-state index is 0.406. The van der Waals surface area contributed by atoms with Crippen LogP contribution in [0.5, 0.6) is 5.75 Å². The highest BCUT2D eigenvalue weighted by atomic mass is 35.5. The average molecular weight is 286 g/mol. The Kier molecular flexibility index (Phi) is 6.11. The normalized spacial score (nSPS) is 11.9. The van der Waals surface area contributed by atoms with Crippen molar-refractivity contribution in [3.05, 3.63) is 28.8 Å². The summed E-state index contributed by atoms with van der Waals surface area (Å²) in [4.78, 5) is 0. The summed E-state index contributed by atoms with van der Waals surface area (Å²) in [6.07, 6.45) is 0.565. The summed E-state index contributed by atoms with van der Waals surface area (Å²) in [5.41, 5.74) is 0.314. The van der Waals surface area contributed by atoms with E-state index in [1.807, 2.05) is 18.2 Å². The van der Waals surface area contributed by atoms with Gasteiger partial charge in [0.15, 0.2) is 0 Å². The van der Waals surface area contributed by atoms with Gasteiger partial charge in [0.25, 0.3) is 0 Å². The summed E-state index contributed by atoms with van der Waals surface area (Å²) in [7, 11) is 0. The van der Waals surface area contributed by atoms with Gasteiger partial charge in [0.2, 0.25) is 0 Å². The number of para-hydroxylation sites is 1. The van der Waals surface area contributed by atoms with Crippen molar-refractivity contribution in [2.45, 2.75) is 52.3 Å². The lowest BCUT2D eigenvalue weighted by Gasteiger charge is -2.19. The first-order chi connectivity index (χ1) is 8.79. The second kappa shape index (κ2) is 7.13. The molecule has 0 aromatic heterocycles. The Bertz CT molecular complexity index is 400. The first-order valence-corrected chi connectivity index (χ1v) is 7.03. The first kappa shape index (κ1) is 16.3. The number of halogens is 1. The summed E-state index contributed by atoms with van der Waals surface area (Å²) in [5, 5.41) is 13.6. The molecule has 0 aliphatic carbocycles. The highest BCUT2D eigenvalue weighted by Crippen LogP contribution is 2.29. The molecule has 1 aromatic carbocycles. The molecule has 0 bridgehead atoms. The molecule has 2 N–H and O–H groups in total. The lowest BCUT2D eigenvalue weighted by molar-refractivity contribution is 0.0552. The predicted molar refractivity (Wildman–Crippen MR) is 79.8 cm³/mol. The van der Waals surface area contributed by atoms with Crippen LogP contribution in [0, 0.1) is 0 Å². The number of ether oxygens (including phenoxy) is 1. The zero-order valence-corrected chi connectivity index (χ0v) is 12.9. The van der Waals surface area contributed by atoms with Crippen LogP contribution >= 0.6 is 11.6 Å². The monoisotopic (exact) mass is 285 g/mol. The van der Waals surface area contributed by atoms with E-state index in [9.17, 15) is 5.11 Å². The Balaban J connectivity index is 2.69. The Hall–Kier alpha value is -0.770. The lowest BCUT2D eigenvalue weighted by Crippen LogP contribution is -2.23. The fraction of sp³-hybridized carbons (Fsp3) is 0.600. The van der Waals surface area contributed by atoms with E-state index in [0.717, 1.165) is 12.1 Å². The Morgan fingerprint density at radius 2 is 2.05 bits per heavy atom. The standard InChI is InChI=1S/C15H24ClNO2/c1-11(2)17-10-12-6-5-7-13(16)14(12)19-9-8-15(3,4)18/h5-7,11,17-18H,8-10H2,1-4H3. The molecule has 108 valence electrons. The second-order valence-electron chi connectivity index (χ2n) is 5.67. The van der Waals surface area contributed by atoms with Crippen molar-refractivity contribution < 1.29 is 9.84 Å². The van der Waals surface area contributed by atoms with Crippen LogP contribution < -0.4 is 10.1 Å². The maximum absolute atomic E-state index is 9.69. The average Bonchev–Trinajstić information content (AvgIpc) is 2.27. The zero-order valence-electron chi connectivity index (χ0n) is 12.2. The van der Waals surface area contributed by atoms with Crippen LogP contribution in [0.1, 0.15) is 39.7 Å². The fourth-order valence-electron chi connectivity index (χ4n) is 1.57. The van der Waals surface area contributed by atoms with E-state index >= 15 is 0 Å². The first-order valence-electron chi connectivity index (χ1n) is 6.65. The largest absolute Gasteiger partial charge is 0.492 e. The minimum Gasteiger partial charge on any atom is -0.492 e. The topological polar surface area (TPSA) is 41.5 Å². The van der Waals surface area contributed by atoms with Gasteiger partial charge in [-0.15, -0.1) is 0 Å². The summed E-state index contributed by atoms with van der Waals surface area (Å²) in [6.45, 7) is 8.89. The van der Waals surface area contributed by atoms with Crippen LogP contribution in [0.25, 0.3) is 0 Å². The van der Waals surface area contributed by atoms with Gasteiger partial charge in [-0.2, -0.15) is 0 Å². The zero-order chi connectivity index (χ0) is 14.5. The minimum atomic E-state index is -0.725. The van der Waals surface area contributed by atoms with Crippen LogP contribution in [0.15, 0.2) is 18.2 Å². The summed E-state index contributed by atoms with van der Waals surface area (Å²) >= 11 is 6.18. The van der Waals surface area contributed by atoms with Gasteiger partial charge in [-0.05, 0) is 19.9 Å². The van der Waals surface area contributed by atoms with Crippen molar-refractivity contribution in [1.29, 1.82) is 0 Å². The molecule has 0 spiro atoms. The highest BCUT2D eigenvalue weighted by molar-refractivity contribution is 6.32. The molecule has 0 saturated carbocycles. The van der Waals surface area contributed by atoms with Crippen LogP contribution in [0.4, 0.5) is 0 Å². The van der Waals surface area contributed by atoms with Gasteiger partial charge in [0.1, 0.15) is 5.75 Å². The summed E-state index contributed by atoms with van der Waals surface area (Å²) in [6, 6.07) is 6.14. The Morgan fingerprint density at radius 3 is 2.63 bits per heavy atom. The van der Waals surface area contributed by atoms with Crippen molar-refractivity contribution in [3.8, 4) is 5.75 Å². The highest BCUT2D eigenvalue weighted by Gasteiger charge is 2.14. The molecule has 0 fully saturated rings. The van der Waals surface area contributed by atoms with Crippen LogP contribution in [0.2, 0.25) is 5.02 Å². The molecule has 0 aliphatic rings. The van der Waals surface area contributed by atoms with Gasteiger partial charge in [0.05, 0.1) is 17.2 Å². The summed E-state index contributed by atoms with van der Waals surface area (Å²) < 4.78 is 5.74. The predicted octanol–water partition coefficient (Wildman–Crippen LogP) is 3.38. The molecular weight excluding hydrogens is 262 g/mol. The van der Waals surface area contributed by atoms with E-state index in [1.165, 1.54) is 0 Å². The van der Waals surface area contributed by atoms with Gasteiger partial charge >= 0.3 is 0 Å².